The van der Waals surface area contributed by atoms with Crippen LogP contribution >= 0.6 is 0 Å². The zero-order valence-electron chi connectivity index (χ0n) is 14.6. The van der Waals surface area contributed by atoms with Gasteiger partial charge in [0.2, 0.25) is 11.8 Å². The fraction of sp³-hybridized carbons (Fsp3) is 0.579. The molecule has 2 aliphatic heterocycles. The zero-order chi connectivity index (χ0) is 17.1. The Hall–Kier alpha value is -1.76. The van der Waals surface area contributed by atoms with E-state index in [4.69, 9.17) is 13.9 Å². The van der Waals surface area contributed by atoms with Gasteiger partial charge in [0.05, 0.1) is 19.3 Å². The summed E-state index contributed by atoms with van der Waals surface area (Å²) in [6.45, 7) is 5.28. The van der Waals surface area contributed by atoms with Gasteiger partial charge in [0.25, 0.3) is 0 Å². The molecule has 0 unspecified atom stereocenters. The van der Waals surface area contributed by atoms with Crippen molar-refractivity contribution in [1.29, 1.82) is 0 Å². The maximum absolute atomic E-state index is 6.24. The van der Waals surface area contributed by atoms with Crippen molar-refractivity contribution in [2.24, 2.45) is 0 Å². The molecule has 0 saturated carbocycles. The van der Waals surface area contributed by atoms with E-state index in [0.29, 0.717) is 24.4 Å². The van der Waals surface area contributed by atoms with Gasteiger partial charge >= 0.3 is 0 Å². The number of hydrogen-bond acceptors (Lipinski definition) is 6. The minimum absolute atomic E-state index is 0.0447. The van der Waals surface area contributed by atoms with Crippen LogP contribution in [0.5, 0.6) is 0 Å². The molecule has 0 spiro atoms. The van der Waals surface area contributed by atoms with E-state index in [2.05, 4.69) is 27.2 Å². The number of ether oxygens (including phenoxy) is 2. The summed E-state index contributed by atoms with van der Waals surface area (Å²) in [5.41, 5.74) is 1.22. The van der Waals surface area contributed by atoms with Crippen LogP contribution in [0.3, 0.4) is 0 Å². The maximum atomic E-state index is 6.24. The third-order valence-corrected chi connectivity index (χ3v) is 5.11. The summed E-state index contributed by atoms with van der Waals surface area (Å²) in [4.78, 5) is 2.50. The molecule has 3 atom stereocenters. The van der Waals surface area contributed by atoms with Gasteiger partial charge in [-0.1, -0.05) is 30.3 Å². The van der Waals surface area contributed by atoms with Gasteiger partial charge in [-0.3, -0.25) is 4.90 Å². The molecule has 6 heteroatoms. The van der Waals surface area contributed by atoms with Gasteiger partial charge in [0.15, 0.2) is 0 Å². The van der Waals surface area contributed by atoms with Crippen LogP contribution in [0.15, 0.2) is 34.7 Å². The molecule has 25 heavy (non-hydrogen) atoms. The lowest BCUT2D eigenvalue weighted by Gasteiger charge is -2.34. The first-order valence-corrected chi connectivity index (χ1v) is 9.11. The highest BCUT2D eigenvalue weighted by Crippen LogP contribution is 2.37. The summed E-state index contributed by atoms with van der Waals surface area (Å²) in [5, 5.41) is 8.03. The van der Waals surface area contributed by atoms with Crippen LogP contribution in [0, 0.1) is 6.92 Å². The lowest BCUT2D eigenvalue weighted by molar-refractivity contribution is -0.0827. The van der Waals surface area contributed by atoms with Gasteiger partial charge in [-0.15, -0.1) is 10.2 Å². The van der Waals surface area contributed by atoms with Crippen LogP contribution in [0.4, 0.5) is 0 Å². The van der Waals surface area contributed by atoms with Crippen LogP contribution in [0.25, 0.3) is 0 Å². The van der Waals surface area contributed by atoms with Crippen molar-refractivity contribution >= 4 is 0 Å². The lowest BCUT2D eigenvalue weighted by atomic mass is 9.99. The van der Waals surface area contributed by atoms with Gasteiger partial charge < -0.3 is 13.9 Å². The zero-order valence-corrected chi connectivity index (χ0v) is 14.6. The molecule has 4 rings (SSSR count). The van der Waals surface area contributed by atoms with E-state index in [0.717, 1.165) is 39.0 Å². The van der Waals surface area contributed by atoms with Crippen LogP contribution in [0.2, 0.25) is 0 Å². The first-order valence-electron chi connectivity index (χ1n) is 9.11. The SMILES string of the molecule is Cc1nnc([C@H]2CC[C@@H]3[C@@H](CCN3CCOCc3ccccc3)O2)o1. The fourth-order valence-electron chi connectivity index (χ4n) is 3.86. The molecular weight excluding hydrogens is 318 g/mol. The molecule has 134 valence electrons. The van der Waals surface area contributed by atoms with E-state index in [-0.39, 0.29) is 12.2 Å². The summed E-state index contributed by atoms with van der Waals surface area (Å²) in [5.74, 6) is 1.23. The van der Waals surface area contributed by atoms with Gasteiger partial charge in [0, 0.05) is 26.1 Å². The molecule has 2 fully saturated rings. The Balaban J connectivity index is 1.23. The summed E-state index contributed by atoms with van der Waals surface area (Å²) >= 11 is 0. The van der Waals surface area contributed by atoms with Crippen LogP contribution in [-0.2, 0) is 16.1 Å². The highest BCUT2D eigenvalue weighted by atomic mass is 16.5. The fourth-order valence-corrected chi connectivity index (χ4v) is 3.86. The Kier molecular flexibility index (Phi) is 5.10. The van der Waals surface area contributed by atoms with Crippen molar-refractivity contribution < 1.29 is 13.9 Å². The molecule has 2 saturated heterocycles. The summed E-state index contributed by atoms with van der Waals surface area (Å²) in [7, 11) is 0. The lowest BCUT2D eigenvalue weighted by Crippen LogP contribution is -2.41. The standard InChI is InChI=1S/C19H25N3O3/c1-14-20-21-19(24-14)18-8-7-16-17(25-18)9-10-22(16)11-12-23-13-15-5-3-2-4-6-15/h2-6,16-18H,7-13H2,1H3/t16-,17-,18-/m1/s1. The predicted octanol–water partition coefficient (Wildman–Crippen LogP) is 2.89. The molecule has 1 aromatic heterocycles. The quantitative estimate of drug-likeness (QED) is 0.752. The van der Waals surface area contributed by atoms with E-state index in [1.165, 1.54) is 5.56 Å². The second kappa shape index (κ2) is 7.64. The first kappa shape index (κ1) is 16.7. The van der Waals surface area contributed by atoms with E-state index in [9.17, 15) is 0 Å². The minimum atomic E-state index is -0.0447. The highest BCUT2D eigenvalue weighted by molar-refractivity contribution is 5.13. The summed E-state index contributed by atoms with van der Waals surface area (Å²) in [6.07, 6.45) is 3.32. The number of aromatic nitrogens is 2. The Morgan fingerprint density at radius 3 is 2.84 bits per heavy atom. The second-order valence-electron chi connectivity index (χ2n) is 6.83. The molecular formula is C19H25N3O3. The predicted molar refractivity (Wildman–Crippen MR) is 92.0 cm³/mol. The van der Waals surface area contributed by atoms with Gasteiger partial charge in [-0.25, -0.2) is 0 Å². The first-order chi connectivity index (χ1) is 12.3. The van der Waals surface area contributed by atoms with Crippen LogP contribution in [0.1, 0.15) is 42.7 Å². The van der Waals surface area contributed by atoms with Crippen molar-refractivity contribution in [1.82, 2.24) is 15.1 Å². The molecule has 3 heterocycles. The van der Waals surface area contributed by atoms with Crippen molar-refractivity contribution in [2.45, 2.75) is 51.0 Å². The summed E-state index contributed by atoms with van der Waals surface area (Å²) in [6, 6.07) is 10.8. The average Bonchev–Trinajstić information content (AvgIpc) is 3.25. The molecule has 0 amide bonds. The molecule has 0 radical (unpaired) electrons. The van der Waals surface area contributed by atoms with E-state index >= 15 is 0 Å². The maximum Gasteiger partial charge on any atom is 0.245 e. The van der Waals surface area contributed by atoms with E-state index < -0.39 is 0 Å². The molecule has 6 nitrogen and oxygen atoms in total. The largest absolute Gasteiger partial charge is 0.423 e. The number of nitrogens with zero attached hydrogens (tertiary/aromatic N) is 3. The van der Waals surface area contributed by atoms with Crippen molar-refractivity contribution in [3.8, 4) is 0 Å². The Morgan fingerprint density at radius 2 is 2.04 bits per heavy atom. The number of aryl methyl sites for hydroxylation is 1. The summed E-state index contributed by atoms with van der Waals surface area (Å²) < 4.78 is 17.6. The van der Waals surface area contributed by atoms with Crippen LogP contribution in [-0.4, -0.2) is 46.9 Å². The number of fused-ring (bicyclic) bond motifs is 1. The van der Waals surface area contributed by atoms with Gasteiger partial charge in [-0.2, -0.15) is 0 Å². The smallest absolute Gasteiger partial charge is 0.245 e. The molecule has 2 aromatic rings. The van der Waals surface area contributed by atoms with Gasteiger partial charge in [-0.05, 0) is 24.8 Å². The van der Waals surface area contributed by atoms with Crippen molar-refractivity contribution in [3.63, 3.8) is 0 Å². The third-order valence-electron chi connectivity index (χ3n) is 5.11. The molecule has 0 bridgehead atoms. The number of benzene rings is 1. The number of hydrogen-bond donors (Lipinski definition) is 0. The Labute approximate surface area is 148 Å². The van der Waals surface area contributed by atoms with Gasteiger partial charge in [0.1, 0.15) is 6.10 Å². The topological polar surface area (TPSA) is 60.6 Å². The van der Waals surface area contributed by atoms with Crippen molar-refractivity contribution in [3.05, 3.63) is 47.7 Å². The minimum Gasteiger partial charge on any atom is -0.423 e. The second-order valence-corrected chi connectivity index (χ2v) is 6.83. The Morgan fingerprint density at radius 1 is 1.16 bits per heavy atom. The normalized spacial score (nSPS) is 26.7. The monoisotopic (exact) mass is 343 g/mol. The third kappa shape index (κ3) is 3.92. The van der Waals surface area contributed by atoms with Crippen molar-refractivity contribution in [2.75, 3.05) is 19.7 Å². The van der Waals surface area contributed by atoms with E-state index in [1.807, 2.05) is 25.1 Å². The molecule has 1 aromatic carbocycles. The Bertz CT molecular complexity index is 676. The van der Waals surface area contributed by atoms with Crippen LogP contribution < -0.4 is 0 Å². The average molecular weight is 343 g/mol. The highest BCUT2D eigenvalue weighted by Gasteiger charge is 2.41. The number of rotatable bonds is 6. The number of likely N-dealkylation sites (tertiary alicyclic amines) is 1. The van der Waals surface area contributed by atoms with E-state index in [1.54, 1.807) is 0 Å². The molecule has 2 aliphatic rings. The molecule has 0 aliphatic carbocycles. The molecule has 0 N–H and O–H groups in total.